The fourth-order valence-electron chi connectivity index (χ4n) is 5.91. The third-order valence-electron chi connectivity index (χ3n) is 7.70. The number of rotatable bonds is 7. The van der Waals surface area contributed by atoms with Crippen molar-refractivity contribution in [2.24, 2.45) is 0 Å². The molecule has 0 unspecified atom stereocenters. The Morgan fingerprint density at radius 2 is 1.72 bits per heavy atom. The molecule has 1 aliphatic rings. The van der Waals surface area contributed by atoms with Crippen LogP contribution in [0.3, 0.4) is 0 Å². The van der Waals surface area contributed by atoms with Gasteiger partial charge in [0.2, 0.25) is 0 Å². The second-order valence-corrected chi connectivity index (χ2v) is 10.0. The molecule has 200 valence electrons. The van der Waals surface area contributed by atoms with Gasteiger partial charge in [-0.2, -0.15) is 5.10 Å². The molecule has 6 rings (SSSR count). The minimum Gasteiger partial charge on any atom is -0.494 e. The number of aromatic nitrogens is 5. The van der Waals surface area contributed by atoms with E-state index in [1.54, 1.807) is 7.11 Å². The first-order chi connectivity index (χ1) is 19.0. The molecule has 0 radical (unpaired) electrons. The maximum Gasteiger partial charge on any atom is 0.161 e. The number of methoxy groups -OCH3 is 1. The summed E-state index contributed by atoms with van der Waals surface area (Å²) in [5, 5.41) is 11.6. The first-order valence-corrected chi connectivity index (χ1v) is 13.5. The van der Waals surface area contributed by atoms with E-state index < -0.39 is 0 Å². The van der Waals surface area contributed by atoms with Crippen molar-refractivity contribution in [3.8, 4) is 17.2 Å². The zero-order valence-corrected chi connectivity index (χ0v) is 23.2. The summed E-state index contributed by atoms with van der Waals surface area (Å²) in [6, 6.07) is 16.6. The van der Waals surface area contributed by atoms with Gasteiger partial charge < -0.3 is 23.5 Å². The smallest absolute Gasteiger partial charge is 0.161 e. The Labute approximate surface area is 228 Å². The van der Waals surface area contributed by atoms with Gasteiger partial charge in [0.05, 0.1) is 31.6 Å². The van der Waals surface area contributed by atoms with Gasteiger partial charge in [-0.3, -0.25) is 0 Å². The summed E-state index contributed by atoms with van der Waals surface area (Å²) in [4.78, 5) is 7.12. The highest BCUT2D eigenvalue weighted by atomic mass is 16.5. The second kappa shape index (κ2) is 10.1. The molecule has 0 amide bonds. The summed E-state index contributed by atoms with van der Waals surface area (Å²) in [6.07, 6.45) is 2.90. The van der Waals surface area contributed by atoms with E-state index in [0.717, 1.165) is 76.2 Å². The maximum atomic E-state index is 5.80. The minimum absolute atomic E-state index is 0.607. The lowest BCUT2D eigenvalue weighted by Gasteiger charge is -2.30. The van der Waals surface area contributed by atoms with Crippen LogP contribution in [0.25, 0.3) is 16.5 Å². The highest BCUT2D eigenvalue weighted by Crippen LogP contribution is 2.39. The number of fused-ring (bicyclic) bond motifs is 2. The molecule has 0 bridgehead atoms. The molecule has 4 heterocycles. The number of ether oxygens (including phenoxy) is 2. The van der Waals surface area contributed by atoms with Gasteiger partial charge in [0.1, 0.15) is 17.3 Å². The van der Waals surface area contributed by atoms with Gasteiger partial charge in [0.25, 0.3) is 0 Å². The SMILES string of the molecule is CCOc1ccc(-n2c(C)c3c(C)nnc(N4CCn5c(Cc6ccccc6)cnc5C4)c3c2C)c(OC)c1. The lowest BCUT2D eigenvalue weighted by Crippen LogP contribution is -2.35. The highest BCUT2D eigenvalue weighted by Gasteiger charge is 2.27. The zero-order chi connectivity index (χ0) is 27.1. The average molecular weight is 523 g/mol. The molecular weight excluding hydrogens is 488 g/mol. The van der Waals surface area contributed by atoms with Crippen LogP contribution >= 0.6 is 0 Å². The highest BCUT2D eigenvalue weighted by molar-refractivity contribution is 5.99. The molecule has 8 nitrogen and oxygen atoms in total. The lowest BCUT2D eigenvalue weighted by molar-refractivity contribution is 0.336. The number of imidazole rings is 1. The number of nitrogens with zero attached hydrogens (tertiary/aromatic N) is 6. The fourth-order valence-corrected chi connectivity index (χ4v) is 5.91. The van der Waals surface area contributed by atoms with Crippen LogP contribution in [0, 0.1) is 20.8 Å². The van der Waals surface area contributed by atoms with Crippen LogP contribution in [0.2, 0.25) is 0 Å². The monoisotopic (exact) mass is 522 g/mol. The van der Waals surface area contributed by atoms with Crippen molar-refractivity contribution < 1.29 is 9.47 Å². The fraction of sp³-hybridized carbons (Fsp3) is 0.323. The number of anilines is 1. The normalized spacial score (nSPS) is 13.1. The molecule has 8 heteroatoms. The van der Waals surface area contributed by atoms with Gasteiger partial charge >= 0.3 is 0 Å². The number of benzene rings is 2. The maximum absolute atomic E-state index is 5.80. The minimum atomic E-state index is 0.607. The van der Waals surface area contributed by atoms with Crippen LogP contribution in [-0.2, 0) is 19.5 Å². The van der Waals surface area contributed by atoms with Crippen LogP contribution in [-0.4, -0.2) is 44.6 Å². The van der Waals surface area contributed by atoms with Crippen molar-refractivity contribution in [2.45, 2.75) is 47.2 Å². The first kappa shape index (κ1) is 25.0. The molecular formula is C31H34N6O2. The van der Waals surface area contributed by atoms with Gasteiger partial charge in [-0.1, -0.05) is 30.3 Å². The number of hydrogen-bond donors (Lipinski definition) is 0. The average Bonchev–Trinajstić information content (AvgIpc) is 3.47. The van der Waals surface area contributed by atoms with E-state index in [2.05, 4.69) is 69.4 Å². The molecule has 0 aliphatic carbocycles. The van der Waals surface area contributed by atoms with Gasteiger partial charge in [-0.15, -0.1) is 5.10 Å². The molecule has 5 aromatic rings. The summed E-state index contributed by atoms with van der Waals surface area (Å²) < 4.78 is 16.1. The van der Waals surface area contributed by atoms with Crippen molar-refractivity contribution in [2.75, 3.05) is 25.2 Å². The Kier molecular flexibility index (Phi) is 6.46. The van der Waals surface area contributed by atoms with Crippen molar-refractivity contribution in [3.63, 3.8) is 0 Å². The largest absolute Gasteiger partial charge is 0.494 e. The standard InChI is InChI=1S/C31H34N6O2/c1-6-39-25-12-13-26(27(17-25)38-5)37-21(3)29-20(2)33-34-31(30(29)22(37)4)35-14-15-36-24(18-32-28(36)19-35)16-23-10-8-7-9-11-23/h7-13,17-18H,6,14-16,19H2,1-5H3. The Hall–Kier alpha value is -4.33. The second-order valence-electron chi connectivity index (χ2n) is 10.0. The summed E-state index contributed by atoms with van der Waals surface area (Å²) >= 11 is 0. The molecule has 0 atom stereocenters. The quantitative estimate of drug-likeness (QED) is 0.279. The van der Waals surface area contributed by atoms with E-state index in [9.17, 15) is 0 Å². The van der Waals surface area contributed by atoms with Gasteiger partial charge in [-0.25, -0.2) is 4.98 Å². The van der Waals surface area contributed by atoms with E-state index in [4.69, 9.17) is 19.6 Å². The van der Waals surface area contributed by atoms with Crippen LogP contribution < -0.4 is 14.4 Å². The van der Waals surface area contributed by atoms with E-state index in [0.29, 0.717) is 13.2 Å². The molecule has 0 fully saturated rings. The zero-order valence-electron chi connectivity index (χ0n) is 23.2. The van der Waals surface area contributed by atoms with E-state index in [1.165, 1.54) is 11.3 Å². The lowest BCUT2D eigenvalue weighted by atomic mass is 10.1. The predicted octanol–water partition coefficient (Wildman–Crippen LogP) is 5.56. The van der Waals surface area contributed by atoms with Gasteiger partial charge in [-0.05, 0) is 45.4 Å². The van der Waals surface area contributed by atoms with Crippen molar-refractivity contribution in [3.05, 3.63) is 88.9 Å². The molecule has 1 aliphatic heterocycles. The Balaban J connectivity index is 1.39. The third-order valence-corrected chi connectivity index (χ3v) is 7.70. The molecule has 0 N–H and O–H groups in total. The number of aryl methyl sites for hydroxylation is 3. The Morgan fingerprint density at radius 1 is 0.923 bits per heavy atom. The molecule has 3 aromatic heterocycles. The van der Waals surface area contributed by atoms with Gasteiger partial charge in [0, 0.05) is 59.6 Å². The van der Waals surface area contributed by atoms with Crippen molar-refractivity contribution >= 4 is 16.6 Å². The van der Waals surface area contributed by atoms with E-state index in [1.807, 2.05) is 32.2 Å². The Morgan fingerprint density at radius 3 is 2.49 bits per heavy atom. The number of hydrogen-bond acceptors (Lipinski definition) is 6. The summed E-state index contributed by atoms with van der Waals surface area (Å²) in [5.41, 5.74) is 6.65. The van der Waals surface area contributed by atoms with E-state index in [-0.39, 0.29) is 0 Å². The van der Waals surface area contributed by atoms with E-state index >= 15 is 0 Å². The van der Waals surface area contributed by atoms with Crippen LogP contribution in [0.5, 0.6) is 11.5 Å². The molecule has 2 aromatic carbocycles. The van der Waals surface area contributed by atoms with Crippen molar-refractivity contribution in [1.82, 2.24) is 24.3 Å². The third kappa shape index (κ3) is 4.30. The van der Waals surface area contributed by atoms with Crippen LogP contribution in [0.1, 0.15) is 41.1 Å². The predicted molar refractivity (Wildman–Crippen MR) is 153 cm³/mol. The molecule has 39 heavy (non-hydrogen) atoms. The van der Waals surface area contributed by atoms with Gasteiger partial charge in [0.15, 0.2) is 5.82 Å². The molecule has 0 spiro atoms. The molecule has 0 saturated heterocycles. The van der Waals surface area contributed by atoms with Crippen molar-refractivity contribution in [1.29, 1.82) is 0 Å². The topological polar surface area (TPSA) is 70.2 Å². The summed E-state index contributed by atoms with van der Waals surface area (Å²) in [5.74, 6) is 3.52. The summed E-state index contributed by atoms with van der Waals surface area (Å²) in [6.45, 7) is 11.3. The Bertz CT molecular complexity index is 1650. The summed E-state index contributed by atoms with van der Waals surface area (Å²) in [7, 11) is 1.70. The van der Waals surface area contributed by atoms with Crippen LogP contribution in [0.4, 0.5) is 5.82 Å². The molecule has 0 saturated carbocycles. The first-order valence-electron chi connectivity index (χ1n) is 13.5. The van der Waals surface area contributed by atoms with Crippen LogP contribution in [0.15, 0.2) is 54.7 Å².